The van der Waals surface area contributed by atoms with Gasteiger partial charge in [-0.25, -0.2) is 9.37 Å². The van der Waals surface area contributed by atoms with Crippen molar-refractivity contribution in [2.75, 3.05) is 0 Å². The fraction of sp³-hybridized carbons (Fsp3) is 0.0769. The predicted molar refractivity (Wildman–Crippen MR) is 72.5 cm³/mol. The standard InChI is InChI=1S/C13H8ClFN2OS/c14-10-5-8(1-2-11(10)15)12(18)6-9-7-17-3-4-19-13(17)16-9/h1-5,7H,6H2. The quantitative estimate of drug-likeness (QED) is 0.692. The van der Waals surface area contributed by atoms with Crippen LogP contribution in [-0.4, -0.2) is 15.2 Å². The third-order valence-electron chi connectivity index (χ3n) is 2.73. The Morgan fingerprint density at radius 3 is 3.05 bits per heavy atom. The van der Waals surface area contributed by atoms with Crippen LogP contribution in [0.25, 0.3) is 4.96 Å². The Morgan fingerprint density at radius 2 is 2.32 bits per heavy atom. The number of hydrogen-bond donors (Lipinski definition) is 0. The van der Waals surface area contributed by atoms with E-state index in [1.165, 1.54) is 29.5 Å². The molecule has 0 atom stereocenters. The minimum absolute atomic E-state index is 0.0447. The smallest absolute Gasteiger partial charge is 0.193 e. The van der Waals surface area contributed by atoms with Gasteiger partial charge in [0.1, 0.15) is 5.82 Å². The summed E-state index contributed by atoms with van der Waals surface area (Å²) >= 11 is 7.17. The molecule has 0 unspecified atom stereocenters. The summed E-state index contributed by atoms with van der Waals surface area (Å²) in [5.41, 5.74) is 1.08. The molecule has 2 aromatic heterocycles. The highest BCUT2D eigenvalue weighted by Gasteiger charge is 2.12. The van der Waals surface area contributed by atoms with Crippen molar-refractivity contribution in [1.29, 1.82) is 0 Å². The van der Waals surface area contributed by atoms with Crippen LogP contribution in [0.2, 0.25) is 5.02 Å². The summed E-state index contributed by atoms with van der Waals surface area (Å²) in [7, 11) is 0. The fourth-order valence-electron chi connectivity index (χ4n) is 1.80. The average Bonchev–Trinajstić information content (AvgIpc) is 2.93. The van der Waals surface area contributed by atoms with Crippen LogP contribution in [0.5, 0.6) is 0 Å². The van der Waals surface area contributed by atoms with Gasteiger partial charge >= 0.3 is 0 Å². The Hall–Kier alpha value is -1.72. The molecular formula is C13H8ClFN2OS. The molecule has 0 aliphatic rings. The maximum atomic E-state index is 13.0. The molecule has 19 heavy (non-hydrogen) atoms. The molecular weight excluding hydrogens is 287 g/mol. The molecule has 2 heterocycles. The maximum Gasteiger partial charge on any atom is 0.193 e. The van der Waals surface area contributed by atoms with Crippen molar-refractivity contribution >= 4 is 33.7 Å². The number of hydrogen-bond acceptors (Lipinski definition) is 3. The molecule has 0 saturated heterocycles. The van der Waals surface area contributed by atoms with Gasteiger partial charge in [-0.05, 0) is 18.2 Å². The Kier molecular flexibility index (Phi) is 3.08. The van der Waals surface area contributed by atoms with E-state index in [1.807, 2.05) is 22.2 Å². The molecule has 0 bridgehead atoms. The van der Waals surface area contributed by atoms with E-state index >= 15 is 0 Å². The van der Waals surface area contributed by atoms with Gasteiger partial charge in [-0.2, -0.15) is 0 Å². The first-order valence-corrected chi connectivity index (χ1v) is 6.78. The van der Waals surface area contributed by atoms with Crippen LogP contribution >= 0.6 is 22.9 Å². The second-order valence-electron chi connectivity index (χ2n) is 4.05. The van der Waals surface area contributed by atoms with E-state index in [2.05, 4.69) is 4.98 Å². The molecule has 0 aliphatic carbocycles. The van der Waals surface area contributed by atoms with Gasteiger partial charge in [-0.3, -0.25) is 9.20 Å². The van der Waals surface area contributed by atoms with E-state index in [0.29, 0.717) is 11.3 Å². The van der Waals surface area contributed by atoms with Crippen molar-refractivity contribution in [3.63, 3.8) is 0 Å². The molecule has 0 radical (unpaired) electrons. The topological polar surface area (TPSA) is 34.4 Å². The summed E-state index contributed by atoms with van der Waals surface area (Å²) in [6, 6.07) is 3.97. The predicted octanol–water partition coefficient (Wildman–Crippen LogP) is 3.61. The van der Waals surface area contributed by atoms with Crippen LogP contribution in [0.3, 0.4) is 0 Å². The SMILES string of the molecule is O=C(Cc1cn2ccsc2n1)c1ccc(F)c(Cl)c1. The monoisotopic (exact) mass is 294 g/mol. The zero-order valence-electron chi connectivity index (χ0n) is 9.64. The van der Waals surface area contributed by atoms with Crippen LogP contribution < -0.4 is 0 Å². The van der Waals surface area contributed by atoms with E-state index in [9.17, 15) is 9.18 Å². The summed E-state index contributed by atoms with van der Waals surface area (Å²) in [4.78, 5) is 17.2. The van der Waals surface area contributed by atoms with Gasteiger partial charge in [0.2, 0.25) is 0 Å². The first-order valence-electron chi connectivity index (χ1n) is 5.53. The van der Waals surface area contributed by atoms with E-state index in [4.69, 9.17) is 11.6 Å². The lowest BCUT2D eigenvalue weighted by Crippen LogP contribution is -2.04. The van der Waals surface area contributed by atoms with Crippen LogP contribution in [0.15, 0.2) is 36.0 Å². The molecule has 0 spiro atoms. The molecule has 0 fully saturated rings. The lowest BCUT2D eigenvalue weighted by atomic mass is 10.1. The molecule has 0 N–H and O–H groups in total. The highest BCUT2D eigenvalue weighted by Crippen LogP contribution is 2.18. The van der Waals surface area contributed by atoms with Gasteiger partial charge < -0.3 is 0 Å². The molecule has 0 aliphatic heterocycles. The van der Waals surface area contributed by atoms with Crippen molar-refractivity contribution in [1.82, 2.24) is 9.38 Å². The first-order chi connectivity index (χ1) is 9.13. The molecule has 0 amide bonds. The molecule has 3 nitrogen and oxygen atoms in total. The molecule has 3 rings (SSSR count). The number of carbonyl (C=O) groups is 1. The lowest BCUT2D eigenvalue weighted by Gasteiger charge is -2.00. The number of halogens is 2. The third kappa shape index (κ3) is 2.39. The van der Waals surface area contributed by atoms with E-state index in [-0.39, 0.29) is 17.2 Å². The summed E-state index contributed by atoms with van der Waals surface area (Å²) in [6.07, 6.45) is 3.88. The van der Waals surface area contributed by atoms with Gasteiger partial charge in [0, 0.05) is 23.3 Å². The second kappa shape index (κ2) is 4.75. The number of imidazole rings is 1. The number of nitrogens with zero attached hydrogens (tertiary/aromatic N) is 2. The molecule has 1 aromatic carbocycles. The maximum absolute atomic E-state index is 13.0. The number of fused-ring (bicyclic) bond motifs is 1. The van der Waals surface area contributed by atoms with E-state index in [1.54, 1.807) is 0 Å². The second-order valence-corrected chi connectivity index (χ2v) is 5.33. The Balaban J connectivity index is 1.84. The van der Waals surface area contributed by atoms with Gasteiger partial charge in [-0.15, -0.1) is 11.3 Å². The van der Waals surface area contributed by atoms with Crippen molar-refractivity contribution in [3.05, 3.63) is 58.1 Å². The Bertz CT molecular complexity index is 736. The zero-order valence-corrected chi connectivity index (χ0v) is 11.2. The van der Waals surface area contributed by atoms with Crippen LogP contribution in [0.4, 0.5) is 4.39 Å². The number of carbonyl (C=O) groups excluding carboxylic acids is 1. The Morgan fingerprint density at radius 1 is 1.47 bits per heavy atom. The summed E-state index contributed by atoms with van der Waals surface area (Å²) in [6.45, 7) is 0. The first kappa shape index (κ1) is 12.3. The fourth-order valence-corrected chi connectivity index (χ4v) is 2.70. The normalized spacial score (nSPS) is 11.1. The van der Waals surface area contributed by atoms with E-state index in [0.717, 1.165) is 4.96 Å². The zero-order chi connectivity index (χ0) is 13.4. The summed E-state index contributed by atoms with van der Waals surface area (Å²) in [5.74, 6) is -0.659. The Labute approximate surface area is 117 Å². The van der Waals surface area contributed by atoms with Crippen molar-refractivity contribution < 1.29 is 9.18 Å². The molecule has 6 heteroatoms. The lowest BCUT2D eigenvalue weighted by molar-refractivity contribution is 0.0992. The van der Waals surface area contributed by atoms with Crippen LogP contribution in [0, 0.1) is 5.82 Å². The minimum Gasteiger partial charge on any atom is -0.297 e. The minimum atomic E-state index is -0.527. The highest BCUT2D eigenvalue weighted by molar-refractivity contribution is 7.15. The number of aromatic nitrogens is 2. The molecule has 96 valence electrons. The van der Waals surface area contributed by atoms with Crippen molar-refractivity contribution in [2.45, 2.75) is 6.42 Å². The van der Waals surface area contributed by atoms with Gasteiger partial charge in [0.15, 0.2) is 10.7 Å². The van der Waals surface area contributed by atoms with Gasteiger partial charge in [-0.1, -0.05) is 11.6 Å². The molecule has 3 aromatic rings. The van der Waals surface area contributed by atoms with E-state index < -0.39 is 5.82 Å². The third-order valence-corrected chi connectivity index (χ3v) is 3.79. The number of rotatable bonds is 3. The largest absolute Gasteiger partial charge is 0.297 e. The van der Waals surface area contributed by atoms with Crippen LogP contribution in [0.1, 0.15) is 16.1 Å². The average molecular weight is 295 g/mol. The molecule has 0 saturated carbocycles. The number of thiazole rings is 1. The van der Waals surface area contributed by atoms with Crippen molar-refractivity contribution in [2.24, 2.45) is 0 Å². The van der Waals surface area contributed by atoms with Gasteiger partial charge in [0.25, 0.3) is 0 Å². The van der Waals surface area contributed by atoms with Crippen LogP contribution in [-0.2, 0) is 6.42 Å². The summed E-state index contributed by atoms with van der Waals surface area (Å²) in [5, 5.41) is 1.88. The number of Topliss-reactive ketones (excluding diaryl/α,β-unsaturated/α-hetero) is 1. The highest BCUT2D eigenvalue weighted by atomic mass is 35.5. The number of ketones is 1. The summed E-state index contributed by atoms with van der Waals surface area (Å²) < 4.78 is 14.9. The van der Waals surface area contributed by atoms with Crippen molar-refractivity contribution in [3.8, 4) is 0 Å². The number of benzene rings is 1. The van der Waals surface area contributed by atoms with Gasteiger partial charge in [0.05, 0.1) is 17.1 Å².